The van der Waals surface area contributed by atoms with Crippen molar-refractivity contribution in [2.75, 3.05) is 7.11 Å². The third-order valence-corrected chi connectivity index (χ3v) is 7.56. The number of ether oxygens (including phenoxy) is 1. The van der Waals surface area contributed by atoms with Crippen LogP contribution in [0.5, 0.6) is 0 Å². The summed E-state index contributed by atoms with van der Waals surface area (Å²) in [6.07, 6.45) is -3.64. The van der Waals surface area contributed by atoms with Gasteiger partial charge in [0.15, 0.2) is 0 Å². The molecule has 1 aliphatic carbocycles. The number of amides is 1. The Kier molecular flexibility index (Phi) is 5.33. The van der Waals surface area contributed by atoms with E-state index >= 15 is 0 Å². The van der Waals surface area contributed by atoms with Gasteiger partial charge in [-0.15, -0.1) is 0 Å². The molecule has 2 N–H and O–H groups in total. The highest BCUT2D eigenvalue weighted by Gasteiger charge is 2.48. The second kappa shape index (κ2) is 7.63. The number of aryl methyl sites for hydroxylation is 1. The van der Waals surface area contributed by atoms with Gasteiger partial charge in [-0.1, -0.05) is 23.8 Å². The lowest BCUT2D eigenvalue weighted by atomic mass is 10.0. The van der Waals surface area contributed by atoms with E-state index in [1.54, 1.807) is 19.1 Å². The summed E-state index contributed by atoms with van der Waals surface area (Å²) < 4.78 is 72.8. The smallest absolute Gasteiger partial charge is 0.371 e. The van der Waals surface area contributed by atoms with Crippen molar-refractivity contribution >= 4 is 26.8 Å². The Labute approximate surface area is 182 Å². The van der Waals surface area contributed by atoms with Crippen LogP contribution in [0.4, 0.5) is 13.2 Å². The molecule has 0 radical (unpaired) electrons. The van der Waals surface area contributed by atoms with Gasteiger partial charge in [-0.05, 0) is 49.1 Å². The van der Waals surface area contributed by atoms with Gasteiger partial charge in [0.1, 0.15) is 6.10 Å². The molecule has 0 saturated heterocycles. The second-order valence-corrected chi connectivity index (χ2v) is 9.81. The monoisotopic (exact) mass is 466 g/mol. The van der Waals surface area contributed by atoms with Crippen LogP contribution < -0.4 is 5.73 Å². The van der Waals surface area contributed by atoms with Gasteiger partial charge in [-0.3, -0.25) is 4.79 Å². The Hall–Kier alpha value is -2.85. The predicted octanol–water partition coefficient (Wildman–Crippen LogP) is 3.81. The summed E-state index contributed by atoms with van der Waals surface area (Å²) in [6, 6.07) is 9.10. The van der Waals surface area contributed by atoms with Crippen molar-refractivity contribution in [3.63, 3.8) is 0 Å². The summed E-state index contributed by atoms with van der Waals surface area (Å²) in [5.74, 6) is -1.18. The Bertz CT molecular complexity index is 1300. The number of alkyl halides is 3. The molecule has 6 nitrogen and oxygen atoms in total. The van der Waals surface area contributed by atoms with E-state index in [9.17, 15) is 26.4 Å². The lowest BCUT2D eigenvalue weighted by molar-refractivity contribution is -0.137. The van der Waals surface area contributed by atoms with Crippen molar-refractivity contribution in [1.82, 2.24) is 3.97 Å². The first-order valence-electron chi connectivity index (χ1n) is 9.81. The van der Waals surface area contributed by atoms with E-state index < -0.39 is 33.8 Å². The normalized spacial score (nSPS) is 19.8. The van der Waals surface area contributed by atoms with Crippen LogP contribution in [0.3, 0.4) is 0 Å². The number of hydrogen-bond donors (Lipinski definition) is 1. The molecule has 3 unspecified atom stereocenters. The van der Waals surface area contributed by atoms with Gasteiger partial charge in [0, 0.05) is 24.6 Å². The molecular weight excluding hydrogens is 445 g/mol. The minimum absolute atomic E-state index is 0.0387. The minimum Gasteiger partial charge on any atom is -0.371 e. The number of methoxy groups -OCH3 is 1. The van der Waals surface area contributed by atoms with Crippen LogP contribution in [-0.4, -0.2) is 31.5 Å². The van der Waals surface area contributed by atoms with Crippen molar-refractivity contribution in [3.8, 4) is 0 Å². The van der Waals surface area contributed by atoms with Gasteiger partial charge in [-0.2, -0.15) is 13.2 Å². The molecule has 1 heterocycles. The minimum atomic E-state index is -4.63. The summed E-state index contributed by atoms with van der Waals surface area (Å²) in [4.78, 5) is 11.6. The third-order valence-electron chi connectivity index (χ3n) is 5.87. The van der Waals surface area contributed by atoms with Crippen molar-refractivity contribution in [3.05, 3.63) is 65.4 Å². The van der Waals surface area contributed by atoms with Crippen LogP contribution in [0.15, 0.2) is 53.6 Å². The van der Waals surface area contributed by atoms with Crippen molar-refractivity contribution < 1.29 is 31.1 Å². The number of fused-ring (bicyclic) bond motifs is 1. The molecule has 0 bridgehead atoms. The van der Waals surface area contributed by atoms with E-state index in [1.807, 2.05) is 0 Å². The molecule has 3 aromatic rings. The van der Waals surface area contributed by atoms with Gasteiger partial charge in [0.2, 0.25) is 5.91 Å². The number of nitrogens with two attached hydrogens (primary N) is 1. The maximum Gasteiger partial charge on any atom is 0.416 e. The lowest BCUT2D eigenvalue weighted by Crippen LogP contribution is -2.32. The molecule has 0 spiro atoms. The number of benzene rings is 2. The average Bonchev–Trinajstić information content (AvgIpc) is 3.38. The molecule has 2 aromatic carbocycles. The van der Waals surface area contributed by atoms with Crippen LogP contribution in [0, 0.1) is 12.8 Å². The second-order valence-electron chi connectivity index (χ2n) is 7.99. The number of rotatable bonds is 6. The summed E-state index contributed by atoms with van der Waals surface area (Å²) >= 11 is 0. The highest BCUT2D eigenvalue weighted by atomic mass is 32.2. The quantitative estimate of drug-likeness (QED) is 0.598. The molecule has 32 heavy (non-hydrogen) atoms. The molecular formula is C22H21F3N2O4S. The summed E-state index contributed by atoms with van der Waals surface area (Å²) in [7, 11) is -2.81. The van der Waals surface area contributed by atoms with E-state index in [1.165, 1.54) is 31.5 Å². The van der Waals surface area contributed by atoms with E-state index in [0.29, 0.717) is 17.4 Å². The fraction of sp³-hybridized carbons (Fsp3) is 0.318. The number of primary amides is 1. The molecule has 1 saturated carbocycles. The van der Waals surface area contributed by atoms with E-state index in [-0.39, 0.29) is 22.2 Å². The molecule has 4 rings (SSSR count). The fourth-order valence-electron chi connectivity index (χ4n) is 4.13. The predicted molar refractivity (Wildman–Crippen MR) is 112 cm³/mol. The van der Waals surface area contributed by atoms with Crippen LogP contribution in [0.2, 0.25) is 0 Å². The molecule has 1 amide bonds. The fourth-order valence-corrected chi connectivity index (χ4v) is 5.50. The standard InChI is InChI=1S/C22H21F3N2O4S/c1-12-3-6-14(7-4-12)32(29,30)27-11-18(16-10-17(16)20(31-2)21(26)28)15-8-5-13(9-19(15)27)22(23,24)25/h3-9,11,16-17,20H,10H2,1-2H3,(H2,26,28). The highest BCUT2D eigenvalue weighted by Crippen LogP contribution is 2.53. The summed E-state index contributed by atoms with van der Waals surface area (Å²) in [6.45, 7) is 1.80. The maximum absolute atomic E-state index is 13.4. The first-order valence-corrected chi connectivity index (χ1v) is 11.3. The van der Waals surface area contributed by atoms with E-state index in [0.717, 1.165) is 21.7 Å². The van der Waals surface area contributed by atoms with E-state index in [4.69, 9.17) is 10.5 Å². The molecule has 1 aliphatic rings. The Balaban J connectivity index is 1.89. The summed E-state index contributed by atoms with van der Waals surface area (Å²) in [5, 5.41) is 0.375. The maximum atomic E-state index is 13.4. The Morgan fingerprint density at radius 3 is 2.41 bits per heavy atom. The van der Waals surface area contributed by atoms with Gasteiger partial charge < -0.3 is 10.5 Å². The van der Waals surface area contributed by atoms with Gasteiger partial charge in [0.25, 0.3) is 10.0 Å². The van der Waals surface area contributed by atoms with Crippen LogP contribution in [0.1, 0.15) is 29.0 Å². The van der Waals surface area contributed by atoms with Gasteiger partial charge in [-0.25, -0.2) is 12.4 Å². The number of nitrogens with zero attached hydrogens (tertiary/aromatic N) is 1. The number of carbonyl (C=O) groups excluding carboxylic acids is 1. The van der Waals surface area contributed by atoms with Gasteiger partial charge >= 0.3 is 6.18 Å². The van der Waals surface area contributed by atoms with Gasteiger partial charge in [0.05, 0.1) is 16.0 Å². The van der Waals surface area contributed by atoms with Crippen molar-refractivity contribution in [2.45, 2.75) is 36.4 Å². The number of halogens is 3. The van der Waals surface area contributed by atoms with E-state index in [2.05, 4.69) is 0 Å². The van der Waals surface area contributed by atoms with Crippen molar-refractivity contribution in [2.24, 2.45) is 11.7 Å². The number of hydrogen-bond acceptors (Lipinski definition) is 4. The first-order chi connectivity index (χ1) is 14.9. The Morgan fingerprint density at radius 2 is 1.84 bits per heavy atom. The zero-order valence-electron chi connectivity index (χ0n) is 17.3. The average molecular weight is 466 g/mol. The molecule has 1 aromatic heterocycles. The molecule has 1 fully saturated rings. The SMILES string of the molecule is COC(C(N)=O)C1CC1c1cn(S(=O)(=O)c2ccc(C)cc2)c2cc(C(F)(F)F)ccc12. The van der Waals surface area contributed by atoms with Crippen LogP contribution >= 0.6 is 0 Å². The number of carbonyl (C=O) groups is 1. The molecule has 3 atom stereocenters. The molecule has 10 heteroatoms. The van der Waals surface area contributed by atoms with Crippen LogP contribution in [0.25, 0.3) is 10.9 Å². The third kappa shape index (κ3) is 3.77. The topological polar surface area (TPSA) is 91.4 Å². The highest BCUT2D eigenvalue weighted by molar-refractivity contribution is 7.90. The Morgan fingerprint density at radius 1 is 1.19 bits per heavy atom. The lowest BCUT2D eigenvalue weighted by Gasteiger charge is -2.10. The van der Waals surface area contributed by atoms with Crippen LogP contribution in [-0.2, 0) is 25.7 Å². The van der Waals surface area contributed by atoms with Crippen molar-refractivity contribution in [1.29, 1.82) is 0 Å². The zero-order valence-corrected chi connectivity index (χ0v) is 18.1. The number of aromatic nitrogens is 1. The molecule has 0 aliphatic heterocycles. The summed E-state index contributed by atoms with van der Waals surface area (Å²) in [5.41, 5.74) is 5.74. The zero-order chi connectivity index (χ0) is 23.4. The largest absolute Gasteiger partial charge is 0.416 e. The first kappa shape index (κ1) is 22.3. The molecule has 170 valence electrons.